The summed E-state index contributed by atoms with van der Waals surface area (Å²) in [5, 5.41) is 12.8. The van der Waals surface area contributed by atoms with Crippen molar-refractivity contribution >= 4 is 0 Å². The summed E-state index contributed by atoms with van der Waals surface area (Å²) in [5.41, 5.74) is 2.18. The van der Waals surface area contributed by atoms with Gasteiger partial charge in [0.05, 0.1) is 5.69 Å². The van der Waals surface area contributed by atoms with E-state index in [0.717, 1.165) is 17.9 Å². The van der Waals surface area contributed by atoms with Crippen LogP contribution >= 0.6 is 0 Å². The average molecular weight is 231 g/mol. The van der Waals surface area contributed by atoms with Gasteiger partial charge >= 0.3 is 0 Å². The monoisotopic (exact) mass is 231 g/mol. The SMILES string of the molecule is CC(c1ccccc1)c1cc(CCCO)on1. The molecule has 90 valence electrons. The number of aryl methyl sites for hydroxylation is 1. The fourth-order valence-electron chi connectivity index (χ4n) is 1.82. The van der Waals surface area contributed by atoms with Crippen LogP contribution in [-0.4, -0.2) is 16.9 Å². The van der Waals surface area contributed by atoms with Crippen molar-refractivity contribution in [2.24, 2.45) is 0 Å². The highest BCUT2D eigenvalue weighted by atomic mass is 16.5. The lowest BCUT2D eigenvalue weighted by Gasteiger charge is -2.06. The highest BCUT2D eigenvalue weighted by molar-refractivity contribution is 5.27. The molecule has 1 unspecified atom stereocenters. The predicted octanol–water partition coefficient (Wildman–Crippen LogP) is 2.75. The third-order valence-electron chi connectivity index (χ3n) is 2.90. The van der Waals surface area contributed by atoms with Crippen LogP contribution in [0.1, 0.15) is 36.3 Å². The summed E-state index contributed by atoms with van der Waals surface area (Å²) in [6.45, 7) is 2.30. The van der Waals surface area contributed by atoms with Gasteiger partial charge in [-0.05, 0) is 12.0 Å². The maximum atomic E-state index is 8.76. The van der Waals surface area contributed by atoms with Gasteiger partial charge in [0.15, 0.2) is 0 Å². The summed E-state index contributed by atoms with van der Waals surface area (Å²) >= 11 is 0. The zero-order valence-corrected chi connectivity index (χ0v) is 9.97. The van der Waals surface area contributed by atoms with Gasteiger partial charge in [-0.25, -0.2) is 0 Å². The molecule has 1 N–H and O–H groups in total. The quantitative estimate of drug-likeness (QED) is 0.860. The summed E-state index contributed by atoms with van der Waals surface area (Å²) < 4.78 is 5.25. The standard InChI is InChI=1S/C14H17NO2/c1-11(12-6-3-2-4-7-12)14-10-13(17-15-14)8-5-9-16/h2-4,6-7,10-11,16H,5,8-9H2,1H3. The van der Waals surface area contributed by atoms with Gasteiger partial charge in [0.2, 0.25) is 0 Å². The molecule has 0 aliphatic heterocycles. The normalized spacial score (nSPS) is 12.6. The van der Waals surface area contributed by atoms with Crippen molar-refractivity contribution in [3.8, 4) is 0 Å². The molecule has 0 fully saturated rings. The van der Waals surface area contributed by atoms with Gasteiger partial charge < -0.3 is 9.63 Å². The average Bonchev–Trinajstić information content (AvgIpc) is 2.85. The number of hydrogen-bond donors (Lipinski definition) is 1. The molecule has 0 saturated carbocycles. The fourth-order valence-corrected chi connectivity index (χ4v) is 1.82. The van der Waals surface area contributed by atoms with Crippen LogP contribution in [0.5, 0.6) is 0 Å². The van der Waals surface area contributed by atoms with Crippen molar-refractivity contribution in [1.82, 2.24) is 5.16 Å². The second-order valence-corrected chi connectivity index (χ2v) is 4.18. The molecule has 0 radical (unpaired) electrons. The summed E-state index contributed by atoms with van der Waals surface area (Å²) in [4.78, 5) is 0. The molecule has 1 aromatic heterocycles. The van der Waals surface area contributed by atoms with Gasteiger partial charge in [-0.2, -0.15) is 0 Å². The number of hydrogen-bond acceptors (Lipinski definition) is 3. The first-order valence-corrected chi connectivity index (χ1v) is 5.92. The number of aromatic nitrogens is 1. The molecule has 3 nitrogen and oxygen atoms in total. The van der Waals surface area contributed by atoms with Crippen LogP contribution in [-0.2, 0) is 6.42 Å². The van der Waals surface area contributed by atoms with Crippen LogP contribution in [0.4, 0.5) is 0 Å². The Balaban J connectivity index is 2.09. The van der Waals surface area contributed by atoms with E-state index in [1.54, 1.807) is 0 Å². The fraction of sp³-hybridized carbons (Fsp3) is 0.357. The van der Waals surface area contributed by atoms with E-state index in [2.05, 4.69) is 24.2 Å². The molecule has 0 bridgehead atoms. The largest absolute Gasteiger partial charge is 0.396 e. The van der Waals surface area contributed by atoms with E-state index >= 15 is 0 Å². The Morgan fingerprint density at radius 3 is 2.76 bits per heavy atom. The van der Waals surface area contributed by atoms with Gasteiger partial charge in [0, 0.05) is 25.0 Å². The molecule has 17 heavy (non-hydrogen) atoms. The Morgan fingerprint density at radius 2 is 2.06 bits per heavy atom. The number of benzene rings is 1. The van der Waals surface area contributed by atoms with E-state index in [1.165, 1.54) is 5.56 Å². The second kappa shape index (κ2) is 5.64. The van der Waals surface area contributed by atoms with E-state index in [9.17, 15) is 0 Å². The summed E-state index contributed by atoms with van der Waals surface area (Å²) in [6, 6.07) is 12.2. The maximum Gasteiger partial charge on any atom is 0.137 e. The minimum absolute atomic E-state index is 0.185. The number of rotatable bonds is 5. The van der Waals surface area contributed by atoms with Gasteiger partial charge in [-0.15, -0.1) is 0 Å². The smallest absolute Gasteiger partial charge is 0.137 e. The Morgan fingerprint density at radius 1 is 1.29 bits per heavy atom. The Hall–Kier alpha value is -1.61. The molecule has 0 spiro atoms. The van der Waals surface area contributed by atoms with Crippen LogP contribution < -0.4 is 0 Å². The highest BCUT2D eigenvalue weighted by Gasteiger charge is 2.13. The van der Waals surface area contributed by atoms with Crippen LogP contribution in [0.3, 0.4) is 0 Å². The molecular formula is C14H17NO2. The van der Waals surface area contributed by atoms with Crippen LogP contribution in [0.2, 0.25) is 0 Å². The number of nitrogens with zero attached hydrogens (tertiary/aromatic N) is 1. The molecular weight excluding hydrogens is 214 g/mol. The summed E-state index contributed by atoms with van der Waals surface area (Å²) in [5.74, 6) is 1.08. The lowest BCUT2D eigenvalue weighted by Crippen LogP contribution is -1.95. The second-order valence-electron chi connectivity index (χ2n) is 4.18. The van der Waals surface area contributed by atoms with E-state index in [4.69, 9.17) is 9.63 Å². The van der Waals surface area contributed by atoms with Gasteiger partial charge in [-0.1, -0.05) is 42.4 Å². The first-order chi connectivity index (χ1) is 8.31. The molecule has 1 aromatic carbocycles. The van der Waals surface area contributed by atoms with Crippen LogP contribution in [0.15, 0.2) is 40.9 Å². The number of aliphatic hydroxyl groups excluding tert-OH is 1. The first kappa shape index (κ1) is 11.9. The van der Waals surface area contributed by atoms with Crippen molar-refractivity contribution < 1.29 is 9.63 Å². The zero-order chi connectivity index (χ0) is 12.1. The van der Waals surface area contributed by atoms with Crippen molar-refractivity contribution in [2.75, 3.05) is 6.61 Å². The molecule has 1 atom stereocenters. The number of aliphatic hydroxyl groups is 1. The molecule has 1 heterocycles. The summed E-state index contributed by atoms with van der Waals surface area (Å²) in [6.07, 6.45) is 1.46. The minimum atomic E-state index is 0.185. The highest BCUT2D eigenvalue weighted by Crippen LogP contribution is 2.23. The molecule has 0 aliphatic rings. The molecule has 0 aliphatic carbocycles. The van der Waals surface area contributed by atoms with E-state index < -0.39 is 0 Å². The molecule has 0 amide bonds. The van der Waals surface area contributed by atoms with Crippen molar-refractivity contribution in [1.29, 1.82) is 0 Å². The lowest BCUT2D eigenvalue weighted by molar-refractivity contribution is 0.279. The van der Waals surface area contributed by atoms with Gasteiger partial charge in [0.25, 0.3) is 0 Å². The van der Waals surface area contributed by atoms with Crippen LogP contribution in [0, 0.1) is 0 Å². The minimum Gasteiger partial charge on any atom is -0.396 e. The zero-order valence-electron chi connectivity index (χ0n) is 9.97. The van der Waals surface area contributed by atoms with Crippen molar-refractivity contribution in [3.05, 3.63) is 53.4 Å². The topological polar surface area (TPSA) is 46.3 Å². The lowest BCUT2D eigenvalue weighted by atomic mass is 9.98. The molecule has 2 rings (SSSR count). The van der Waals surface area contributed by atoms with E-state index in [0.29, 0.717) is 6.42 Å². The summed E-state index contributed by atoms with van der Waals surface area (Å²) in [7, 11) is 0. The third-order valence-corrected chi connectivity index (χ3v) is 2.90. The van der Waals surface area contributed by atoms with Crippen molar-refractivity contribution in [2.45, 2.75) is 25.7 Å². The van der Waals surface area contributed by atoms with Crippen LogP contribution in [0.25, 0.3) is 0 Å². The third kappa shape index (κ3) is 2.94. The maximum absolute atomic E-state index is 8.76. The Labute approximate surface area is 101 Å². The first-order valence-electron chi connectivity index (χ1n) is 5.92. The predicted molar refractivity (Wildman–Crippen MR) is 65.9 cm³/mol. The molecule has 0 saturated heterocycles. The van der Waals surface area contributed by atoms with Gasteiger partial charge in [0.1, 0.15) is 5.76 Å². The Kier molecular flexibility index (Phi) is 3.94. The molecule has 2 aromatic rings. The van der Waals surface area contributed by atoms with Gasteiger partial charge in [-0.3, -0.25) is 0 Å². The van der Waals surface area contributed by atoms with Crippen molar-refractivity contribution in [3.63, 3.8) is 0 Å². The molecule has 3 heteroatoms. The van der Waals surface area contributed by atoms with E-state index in [-0.39, 0.29) is 12.5 Å². The Bertz CT molecular complexity index is 450. The van der Waals surface area contributed by atoms with E-state index in [1.807, 2.05) is 24.3 Å².